The number of benzene rings is 2. The second kappa shape index (κ2) is 7.60. The lowest BCUT2D eigenvalue weighted by atomic mass is 10.0. The number of nitrogens with zero attached hydrogens (tertiary/aromatic N) is 2. The number of fused-ring (bicyclic) bond motifs is 1. The Hall–Kier alpha value is -3.13. The zero-order chi connectivity index (χ0) is 21.5. The first kappa shape index (κ1) is 20.2. The highest BCUT2D eigenvalue weighted by Crippen LogP contribution is 2.35. The lowest BCUT2D eigenvalue weighted by molar-refractivity contribution is -0.123. The molecular formula is C22H20BrN3O4. The molecule has 30 heavy (non-hydrogen) atoms. The molecule has 0 aliphatic carbocycles. The quantitative estimate of drug-likeness (QED) is 0.622. The summed E-state index contributed by atoms with van der Waals surface area (Å²) in [6, 6.07) is 14.0. The van der Waals surface area contributed by atoms with Crippen LogP contribution in [0.15, 0.2) is 57.8 Å². The van der Waals surface area contributed by atoms with Crippen LogP contribution in [0.1, 0.15) is 19.4 Å². The molecule has 1 aliphatic heterocycles. The molecular weight excluding hydrogens is 450 g/mol. The third kappa shape index (κ3) is 3.70. The number of ether oxygens (including phenoxy) is 2. The van der Waals surface area contributed by atoms with Crippen LogP contribution >= 0.6 is 15.9 Å². The highest BCUT2D eigenvalue weighted by atomic mass is 79.9. The van der Waals surface area contributed by atoms with Crippen molar-refractivity contribution in [1.82, 2.24) is 9.78 Å². The molecule has 1 aromatic heterocycles. The number of carbonyl (C=O) groups excluding carboxylic acids is 1. The maximum absolute atomic E-state index is 13.1. The Kier molecular flexibility index (Phi) is 5.11. The van der Waals surface area contributed by atoms with Gasteiger partial charge >= 0.3 is 0 Å². The molecule has 2 aromatic carbocycles. The predicted octanol–water partition coefficient (Wildman–Crippen LogP) is 4.08. The molecule has 2 heterocycles. The van der Waals surface area contributed by atoms with Gasteiger partial charge in [0.15, 0.2) is 11.5 Å². The van der Waals surface area contributed by atoms with Gasteiger partial charge in [0.05, 0.1) is 5.69 Å². The number of amides is 1. The molecule has 0 spiro atoms. The number of halogens is 1. The van der Waals surface area contributed by atoms with E-state index in [2.05, 4.69) is 26.3 Å². The molecule has 0 fully saturated rings. The van der Waals surface area contributed by atoms with E-state index in [1.165, 1.54) is 10.7 Å². The number of aromatic nitrogens is 2. The molecule has 0 atom stereocenters. The molecule has 7 nitrogen and oxygen atoms in total. The van der Waals surface area contributed by atoms with Crippen molar-refractivity contribution in [1.29, 1.82) is 0 Å². The van der Waals surface area contributed by atoms with Gasteiger partial charge in [-0.25, -0.2) is 4.68 Å². The van der Waals surface area contributed by atoms with Gasteiger partial charge in [0, 0.05) is 21.8 Å². The van der Waals surface area contributed by atoms with Gasteiger partial charge in [0.2, 0.25) is 6.79 Å². The van der Waals surface area contributed by atoms with E-state index in [0.717, 1.165) is 15.6 Å². The highest BCUT2D eigenvalue weighted by Gasteiger charge is 2.32. The average Bonchev–Trinajstić information content (AvgIpc) is 3.18. The van der Waals surface area contributed by atoms with Gasteiger partial charge < -0.3 is 14.8 Å². The molecule has 0 unspecified atom stereocenters. The van der Waals surface area contributed by atoms with Crippen molar-refractivity contribution in [3.05, 3.63) is 68.9 Å². The summed E-state index contributed by atoms with van der Waals surface area (Å²) < 4.78 is 12.9. The molecule has 8 heteroatoms. The van der Waals surface area contributed by atoms with Gasteiger partial charge in [-0.2, -0.15) is 5.10 Å². The maximum Gasteiger partial charge on any atom is 0.267 e. The lowest BCUT2D eigenvalue weighted by Crippen LogP contribution is -2.47. The minimum Gasteiger partial charge on any atom is -0.454 e. The van der Waals surface area contributed by atoms with Crippen molar-refractivity contribution in [2.75, 3.05) is 12.1 Å². The Morgan fingerprint density at radius 3 is 2.63 bits per heavy atom. The zero-order valence-corrected chi connectivity index (χ0v) is 18.3. The number of carbonyl (C=O) groups is 1. The fraction of sp³-hybridized carbons (Fsp3) is 0.227. The van der Waals surface area contributed by atoms with E-state index in [4.69, 9.17) is 9.47 Å². The van der Waals surface area contributed by atoms with Gasteiger partial charge in [-0.05, 0) is 68.8 Å². The average molecular weight is 470 g/mol. The normalized spacial score (nSPS) is 12.7. The highest BCUT2D eigenvalue weighted by molar-refractivity contribution is 9.10. The van der Waals surface area contributed by atoms with Gasteiger partial charge in [-0.15, -0.1) is 0 Å². The summed E-state index contributed by atoms with van der Waals surface area (Å²) in [5.74, 6) is 0.941. The van der Waals surface area contributed by atoms with Crippen molar-refractivity contribution < 1.29 is 14.3 Å². The lowest BCUT2D eigenvalue weighted by Gasteiger charge is -2.26. The van der Waals surface area contributed by atoms with E-state index in [1.807, 2.05) is 31.2 Å². The molecule has 1 amide bonds. The Bertz CT molecular complexity index is 1200. The van der Waals surface area contributed by atoms with Gasteiger partial charge in [0.1, 0.15) is 5.54 Å². The van der Waals surface area contributed by atoms with Gasteiger partial charge in [-0.3, -0.25) is 9.59 Å². The Morgan fingerprint density at radius 2 is 1.87 bits per heavy atom. The first-order valence-corrected chi connectivity index (χ1v) is 10.1. The predicted molar refractivity (Wildman–Crippen MR) is 117 cm³/mol. The van der Waals surface area contributed by atoms with Gasteiger partial charge in [-0.1, -0.05) is 15.9 Å². The van der Waals surface area contributed by atoms with E-state index in [-0.39, 0.29) is 18.3 Å². The fourth-order valence-electron chi connectivity index (χ4n) is 3.16. The fourth-order valence-corrected chi connectivity index (χ4v) is 3.64. The van der Waals surface area contributed by atoms with E-state index in [1.54, 1.807) is 32.0 Å². The third-order valence-corrected chi connectivity index (χ3v) is 5.48. The van der Waals surface area contributed by atoms with Crippen molar-refractivity contribution in [2.24, 2.45) is 0 Å². The molecule has 1 N–H and O–H groups in total. The maximum atomic E-state index is 13.1. The number of aryl methyl sites for hydroxylation is 1. The van der Waals surface area contributed by atoms with Crippen molar-refractivity contribution in [3.8, 4) is 22.8 Å². The number of hydrogen-bond donors (Lipinski definition) is 1. The second-order valence-electron chi connectivity index (χ2n) is 7.51. The van der Waals surface area contributed by atoms with Crippen LogP contribution < -0.4 is 20.3 Å². The van der Waals surface area contributed by atoms with Crippen molar-refractivity contribution in [2.45, 2.75) is 26.3 Å². The van der Waals surface area contributed by atoms with Crippen LogP contribution in [0.4, 0.5) is 5.69 Å². The van der Waals surface area contributed by atoms with Crippen molar-refractivity contribution in [3.63, 3.8) is 0 Å². The molecule has 1 aliphatic rings. The Morgan fingerprint density at radius 1 is 1.10 bits per heavy atom. The second-order valence-corrected chi connectivity index (χ2v) is 8.42. The summed E-state index contributed by atoms with van der Waals surface area (Å²) in [6.45, 7) is 5.40. The first-order valence-electron chi connectivity index (χ1n) is 9.34. The summed E-state index contributed by atoms with van der Waals surface area (Å²) in [5.41, 5.74) is 1.30. The SMILES string of the molecule is Cc1cc(Br)ccc1NC(=O)C(C)(C)n1nc(-c2ccc3c(c2)OCO3)ccc1=O. The summed E-state index contributed by atoms with van der Waals surface area (Å²) >= 11 is 3.41. The van der Waals surface area contributed by atoms with E-state index in [0.29, 0.717) is 22.9 Å². The smallest absolute Gasteiger partial charge is 0.267 e. The number of anilines is 1. The molecule has 0 saturated carbocycles. The van der Waals surface area contributed by atoms with Crippen LogP contribution in [0.2, 0.25) is 0 Å². The summed E-state index contributed by atoms with van der Waals surface area (Å²) in [5, 5.41) is 7.38. The molecule has 0 bridgehead atoms. The number of hydrogen-bond acceptors (Lipinski definition) is 5. The molecule has 154 valence electrons. The monoisotopic (exact) mass is 469 g/mol. The zero-order valence-electron chi connectivity index (χ0n) is 16.7. The molecule has 0 saturated heterocycles. The summed E-state index contributed by atoms with van der Waals surface area (Å²) in [6.07, 6.45) is 0. The minimum absolute atomic E-state index is 0.175. The number of nitrogens with one attached hydrogen (secondary N) is 1. The standard InChI is InChI=1S/C22H20BrN3O4/c1-13-10-15(23)5-6-16(13)24-21(28)22(2,3)26-20(27)9-7-17(25-26)14-4-8-18-19(11-14)30-12-29-18/h4-11H,12H2,1-3H3,(H,24,28). The van der Waals surface area contributed by atoms with Gasteiger partial charge in [0.25, 0.3) is 11.5 Å². The molecule has 0 radical (unpaired) electrons. The Balaban J connectivity index is 1.67. The van der Waals surface area contributed by atoms with Crippen molar-refractivity contribution >= 4 is 27.5 Å². The largest absolute Gasteiger partial charge is 0.454 e. The van der Waals surface area contributed by atoms with E-state index < -0.39 is 5.54 Å². The number of rotatable bonds is 4. The van der Waals surface area contributed by atoms with Crippen LogP contribution in [0.5, 0.6) is 11.5 Å². The summed E-state index contributed by atoms with van der Waals surface area (Å²) in [7, 11) is 0. The molecule has 3 aromatic rings. The van der Waals surface area contributed by atoms with Crippen LogP contribution in [0.25, 0.3) is 11.3 Å². The topological polar surface area (TPSA) is 82.5 Å². The third-order valence-electron chi connectivity index (χ3n) is 4.99. The summed E-state index contributed by atoms with van der Waals surface area (Å²) in [4.78, 5) is 25.6. The van der Waals surface area contributed by atoms with Crippen LogP contribution in [0.3, 0.4) is 0 Å². The van der Waals surface area contributed by atoms with E-state index in [9.17, 15) is 9.59 Å². The van der Waals surface area contributed by atoms with Crippen LogP contribution in [-0.4, -0.2) is 22.5 Å². The van der Waals surface area contributed by atoms with E-state index >= 15 is 0 Å². The van der Waals surface area contributed by atoms with Crippen LogP contribution in [-0.2, 0) is 10.3 Å². The first-order chi connectivity index (χ1) is 14.3. The minimum atomic E-state index is -1.22. The van der Waals surface area contributed by atoms with Crippen LogP contribution in [0, 0.1) is 6.92 Å². The Labute approximate surface area is 181 Å². The molecule has 4 rings (SSSR count).